The first-order valence-corrected chi connectivity index (χ1v) is 25.2. The second-order valence-corrected chi connectivity index (χ2v) is 21.3. The Bertz CT molecular complexity index is 1970. The van der Waals surface area contributed by atoms with Crippen molar-refractivity contribution in [2.24, 2.45) is 21.7 Å². The average molecular weight is 900 g/mol. The van der Waals surface area contributed by atoms with Crippen LogP contribution in [0.3, 0.4) is 0 Å². The van der Waals surface area contributed by atoms with Gasteiger partial charge in [0.05, 0.1) is 0 Å². The van der Waals surface area contributed by atoms with Gasteiger partial charge in [-0.1, -0.05) is 236 Å². The van der Waals surface area contributed by atoms with Crippen molar-refractivity contribution < 1.29 is 26.9 Å². The molecule has 0 N–H and O–H groups in total. The average Bonchev–Trinajstić information content (AvgIpc) is 3.28. The number of hydrogen-bond acceptors (Lipinski definition) is 5. The Morgan fingerprint density at radius 2 is 0.625 bits per heavy atom. The van der Waals surface area contributed by atoms with Crippen molar-refractivity contribution in [3.63, 3.8) is 0 Å². The number of fused-ring (bicyclic) bond motifs is 2. The van der Waals surface area contributed by atoms with Gasteiger partial charge in [-0.25, -0.2) is 12.8 Å². The minimum atomic E-state index is -5.09. The summed E-state index contributed by atoms with van der Waals surface area (Å²) in [5, 5.41) is -3.06. The quantitative estimate of drug-likeness (QED) is 0.151. The predicted octanol–water partition coefficient (Wildman–Crippen LogP) is 15.2. The zero-order valence-corrected chi connectivity index (χ0v) is 44.6. The first-order valence-electron chi connectivity index (χ1n) is 23.8. The van der Waals surface area contributed by atoms with Crippen LogP contribution in [-0.2, 0) is 41.3 Å². The Hall–Kier alpha value is -3.81. The molecule has 6 aliphatic carbocycles. The highest BCUT2D eigenvalue weighted by Crippen LogP contribution is 2.75. The fourth-order valence-corrected chi connectivity index (χ4v) is 11.7. The van der Waals surface area contributed by atoms with Gasteiger partial charge in [-0.2, -0.15) is 0 Å². The standard InChI is InChI=1S/2C22H26.C5H9FO5S.4C2H6/c2*1-19(2)20(3,4)22(6)17-13-9-7-11-15(17)21(19,5)16-12-8-10-14-18(16)22;1-4(7)11-3-5(2,6)12(8,9)10;4*1-2/h2*7-14H,1-6H3;3H2,1-2H3,(H,8,9,10);4*1-2H3/p-1. The van der Waals surface area contributed by atoms with E-state index in [4.69, 9.17) is 0 Å². The molecule has 0 radical (unpaired) electrons. The Labute approximate surface area is 390 Å². The summed E-state index contributed by atoms with van der Waals surface area (Å²) in [7, 11) is -5.09. The molecule has 4 bridgehead atoms. The summed E-state index contributed by atoms with van der Waals surface area (Å²) in [6.07, 6.45) is 0. The maximum absolute atomic E-state index is 12.8. The summed E-state index contributed by atoms with van der Waals surface area (Å²) in [4.78, 5) is 10.1. The zero-order chi connectivity index (χ0) is 49.9. The van der Waals surface area contributed by atoms with Gasteiger partial charge in [0.2, 0.25) is 5.00 Å². The summed E-state index contributed by atoms with van der Waals surface area (Å²) in [6, 6.07) is 36.6. The largest absolute Gasteiger partial charge is 0.745 e. The number of esters is 1. The first kappa shape index (κ1) is 56.3. The van der Waals surface area contributed by atoms with Crippen molar-refractivity contribution in [3.05, 3.63) is 142 Å². The Morgan fingerprint density at radius 1 is 0.469 bits per heavy atom. The lowest BCUT2D eigenvalue weighted by molar-refractivity contribution is -0.143. The fraction of sp³-hybridized carbons (Fsp3) is 0.561. The van der Waals surface area contributed by atoms with E-state index in [-0.39, 0.29) is 43.3 Å². The van der Waals surface area contributed by atoms with Crippen molar-refractivity contribution >= 4 is 16.1 Å². The lowest BCUT2D eigenvalue weighted by Crippen LogP contribution is -2.66. The molecular formula is C57H84FO5S-. The van der Waals surface area contributed by atoms with E-state index in [2.05, 4.69) is 185 Å². The molecule has 1 unspecified atom stereocenters. The van der Waals surface area contributed by atoms with Gasteiger partial charge in [-0.3, -0.25) is 4.79 Å². The van der Waals surface area contributed by atoms with Crippen molar-refractivity contribution in [1.82, 2.24) is 0 Å². The Kier molecular flexibility index (Phi) is 17.2. The maximum atomic E-state index is 12.8. The van der Waals surface area contributed by atoms with Gasteiger partial charge in [-0.15, -0.1) is 0 Å². The molecule has 7 heteroatoms. The van der Waals surface area contributed by atoms with Gasteiger partial charge in [0.1, 0.15) is 16.7 Å². The number of ether oxygens (including phenoxy) is 1. The molecule has 4 aromatic rings. The van der Waals surface area contributed by atoms with E-state index in [1.165, 1.54) is 44.5 Å². The summed E-state index contributed by atoms with van der Waals surface area (Å²) in [5.41, 5.74) is 13.2. The summed E-state index contributed by atoms with van der Waals surface area (Å²) in [5.74, 6) is -0.845. The van der Waals surface area contributed by atoms with Crippen LogP contribution in [0.2, 0.25) is 0 Å². The van der Waals surface area contributed by atoms with E-state index >= 15 is 0 Å². The highest BCUT2D eigenvalue weighted by atomic mass is 32.2. The molecule has 0 saturated carbocycles. The van der Waals surface area contributed by atoms with E-state index in [1.807, 2.05) is 55.4 Å². The van der Waals surface area contributed by atoms with Gasteiger partial charge in [0.15, 0.2) is 0 Å². The normalized spacial score (nSPS) is 26.3. The van der Waals surface area contributed by atoms with Crippen molar-refractivity contribution in [3.8, 4) is 0 Å². The molecule has 0 aromatic heterocycles. The van der Waals surface area contributed by atoms with Crippen LogP contribution in [-0.4, -0.2) is 30.5 Å². The van der Waals surface area contributed by atoms with Gasteiger partial charge >= 0.3 is 5.97 Å². The van der Waals surface area contributed by atoms with Crippen molar-refractivity contribution in [2.45, 2.75) is 179 Å². The molecule has 356 valence electrons. The molecule has 0 amide bonds. The van der Waals surface area contributed by atoms with Crippen molar-refractivity contribution in [1.29, 1.82) is 0 Å². The van der Waals surface area contributed by atoms with Crippen LogP contribution in [0.5, 0.6) is 0 Å². The SMILES string of the molecule is CC.CC.CC.CC.CC(=O)OCC(C)(F)S(=O)(=O)[O-].CC12c3ccccc3C(C)(c3ccccc31)C(C)(C)C2(C)C.CC12c3ccccc3C(C)(c3ccccc31)C(C)(C)C2(C)C. The number of carbonyl (C=O) groups is 1. The van der Waals surface area contributed by atoms with Crippen LogP contribution >= 0.6 is 0 Å². The Balaban J connectivity index is 0.000000318. The molecule has 64 heavy (non-hydrogen) atoms. The number of halogens is 1. The fourth-order valence-electron chi connectivity index (χ4n) is 11.5. The monoisotopic (exact) mass is 900 g/mol. The van der Waals surface area contributed by atoms with Crippen LogP contribution in [0.25, 0.3) is 0 Å². The summed E-state index contributed by atoms with van der Waals surface area (Å²) >= 11 is 0. The molecule has 0 aliphatic heterocycles. The lowest BCUT2D eigenvalue weighted by atomic mass is 9.32. The smallest absolute Gasteiger partial charge is 0.302 e. The summed E-state index contributed by atoms with van der Waals surface area (Å²) in [6.45, 7) is 46.1. The second kappa shape index (κ2) is 19.6. The van der Waals surface area contributed by atoms with Gasteiger partial charge in [-0.05, 0) is 73.1 Å². The lowest BCUT2D eigenvalue weighted by Gasteiger charge is -2.70. The number of carbonyl (C=O) groups excluding carboxylic acids is 1. The van der Waals surface area contributed by atoms with Crippen LogP contribution in [0, 0.1) is 21.7 Å². The third-order valence-electron chi connectivity index (χ3n) is 17.2. The molecular weight excluding hydrogens is 816 g/mol. The highest BCUT2D eigenvalue weighted by molar-refractivity contribution is 7.87. The van der Waals surface area contributed by atoms with Crippen LogP contribution < -0.4 is 0 Å². The Morgan fingerprint density at radius 3 is 0.750 bits per heavy atom. The predicted molar refractivity (Wildman–Crippen MR) is 268 cm³/mol. The molecule has 0 spiro atoms. The molecule has 6 aliphatic rings. The maximum Gasteiger partial charge on any atom is 0.302 e. The number of rotatable bonds is 3. The third-order valence-corrected chi connectivity index (χ3v) is 18.4. The number of alkyl halides is 1. The molecule has 0 saturated heterocycles. The first-order chi connectivity index (χ1) is 29.6. The van der Waals surface area contributed by atoms with Crippen LogP contribution in [0.1, 0.15) is 197 Å². The highest BCUT2D eigenvalue weighted by Gasteiger charge is 2.70. The van der Waals surface area contributed by atoms with Crippen LogP contribution in [0.4, 0.5) is 4.39 Å². The third kappa shape index (κ3) is 7.70. The molecule has 4 aromatic carbocycles. The second-order valence-electron chi connectivity index (χ2n) is 19.5. The summed E-state index contributed by atoms with van der Waals surface area (Å²) < 4.78 is 47.3. The van der Waals surface area contributed by atoms with E-state index in [0.29, 0.717) is 6.92 Å². The van der Waals surface area contributed by atoms with Gasteiger partial charge < -0.3 is 9.29 Å². The minimum Gasteiger partial charge on any atom is -0.745 e. The van der Waals surface area contributed by atoms with E-state index < -0.39 is 27.7 Å². The number of benzene rings is 4. The molecule has 10 rings (SSSR count). The van der Waals surface area contributed by atoms with E-state index in [1.54, 1.807) is 0 Å². The topological polar surface area (TPSA) is 83.5 Å². The van der Waals surface area contributed by atoms with Crippen LogP contribution in [0.15, 0.2) is 97.1 Å². The van der Waals surface area contributed by atoms with E-state index in [9.17, 15) is 22.2 Å². The minimum absolute atomic E-state index is 0.0570. The molecule has 0 heterocycles. The van der Waals surface area contributed by atoms with E-state index in [0.717, 1.165) is 6.92 Å². The number of hydrogen-bond donors (Lipinski definition) is 0. The van der Waals surface area contributed by atoms with Gasteiger partial charge in [0, 0.05) is 28.6 Å². The molecule has 0 fully saturated rings. The molecule has 5 nitrogen and oxygen atoms in total. The zero-order valence-electron chi connectivity index (χ0n) is 43.8. The van der Waals surface area contributed by atoms with Crippen molar-refractivity contribution in [2.75, 3.05) is 6.61 Å². The van der Waals surface area contributed by atoms with Gasteiger partial charge in [0.25, 0.3) is 0 Å². The molecule has 1 atom stereocenters.